The lowest BCUT2D eigenvalue weighted by Crippen LogP contribution is -2.31. The van der Waals surface area contributed by atoms with Crippen LogP contribution in [0.2, 0.25) is 0 Å². The summed E-state index contributed by atoms with van der Waals surface area (Å²) in [6.45, 7) is 1.11. The van der Waals surface area contributed by atoms with E-state index in [1.165, 1.54) is 42.0 Å². The smallest absolute Gasteiger partial charge is 0.119 e. The molecule has 0 spiro atoms. The van der Waals surface area contributed by atoms with Crippen LogP contribution in [0.1, 0.15) is 31.2 Å². The van der Waals surface area contributed by atoms with Crippen LogP contribution in [-0.2, 0) is 0 Å². The van der Waals surface area contributed by atoms with Crippen LogP contribution < -0.4 is 4.74 Å². The highest BCUT2D eigenvalue weighted by atomic mass is 16.5. The van der Waals surface area contributed by atoms with Crippen molar-refractivity contribution in [2.75, 3.05) is 27.7 Å². The maximum Gasteiger partial charge on any atom is 0.119 e. The van der Waals surface area contributed by atoms with Gasteiger partial charge in [0, 0.05) is 6.54 Å². The summed E-state index contributed by atoms with van der Waals surface area (Å²) < 4.78 is 5.36. The summed E-state index contributed by atoms with van der Waals surface area (Å²) in [5.41, 5.74) is 4.80. The minimum Gasteiger partial charge on any atom is -0.497 e. The second-order valence-corrected chi connectivity index (χ2v) is 7.65. The first-order valence-electron chi connectivity index (χ1n) is 9.11. The molecule has 0 amide bonds. The van der Waals surface area contributed by atoms with Crippen LogP contribution in [0.3, 0.4) is 0 Å². The molecule has 3 aliphatic rings. The highest BCUT2D eigenvalue weighted by Crippen LogP contribution is 2.49. The van der Waals surface area contributed by atoms with Gasteiger partial charge in [-0.3, -0.25) is 0 Å². The van der Waals surface area contributed by atoms with Gasteiger partial charge in [-0.2, -0.15) is 0 Å². The van der Waals surface area contributed by atoms with Gasteiger partial charge in [0.15, 0.2) is 0 Å². The number of likely N-dealkylation sites (N-methyl/N-ethyl adjacent to an activating group) is 1. The highest BCUT2D eigenvalue weighted by Gasteiger charge is 2.35. The van der Waals surface area contributed by atoms with E-state index in [2.05, 4.69) is 55.4 Å². The molecule has 1 saturated carbocycles. The molecule has 0 atom stereocenters. The molecule has 0 aromatic heterocycles. The molecule has 2 bridgehead atoms. The third kappa shape index (κ3) is 2.73. The zero-order chi connectivity index (χ0) is 16.7. The van der Waals surface area contributed by atoms with Gasteiger partial charge in [0.05, 0.1) is 7.11 Å². The topological polar surface area (TPSA) is 12.5 Å². The van der Waals surface area contributed by atoms with Crippen LogP contribution in [0.4, 0.5) is 0 Å². The number of methoxy groups -OCH3 is 1. The standard InChI is InChI=1S/C22H27NO/c1-23(2)14-21-15-4-6-16(7-5-15)22(21)19-9-8-18-13-20(24-3)11-10-17(18)12-19/h8-13,15-16H,4-7,14H2,1-3H3. The van der Waals surface area contributed by atoms with Crippen LogP contribution in [-0.4, -0.2) is 32.6 Å². The molecule has 126 valence electrons. The van der Waals surface area contributed by atoms with Crippen molar-refractivity contribution >= 4 is 16.3 Å². The van der Waals surface area contributed by atoms with Crippen LogP contribution in [0.5, 0.6) is 5.75 Å². The Morgan fingerprint density at radius 2 is 1.58 bits per heavy atom. The van der Waals surface area contributed by atoms with Crippen LogP contribution in [0.25, 0.3) is 16.3 Å². The number of allylic oxidation sites excluding steroid dienone is 1. The summed E-state index contributed by atoms with van der Waals surface area (Å²) in [6, 6.07) is 13.4. The summed E-state index contributed by atoms with van der Waals surface area (Å²) in [5, 5.41) is 2.57. The minimum atomic E-state index is 0.764. The van der Waals surface area contributed by atoms with E-state index in [0.29, 0.717) is 0 Å². The lowest BCUT2D eigenvalue weighted by molar-refractivity contribution is 0.299. The first kappa shape index (κ1) is 15.7. The Morgan fingerprint density at radius 3 is 2.29 bits per heavy atom. The Balaban J connectivity index is 1.81. The number of hydrogen-bond donors (Lipinski definition) is 0. The Hall–Kier alpha value is -1.80. The molecular formula is C22H27NO. The third-order valence-electron chi connectivity index (χ3n) is 5.82. The monoisotopic (exact) mass is 321 g/mol. The van der Waals surface area contributed by atoms with Gasteiger partial charge < -0.3 is 9.64 Å². The van der Waals surface area contributed by atoms with Crippen molar-refractivity contribution < 1.29 is 4.74 Å². The van der Waals surface area contributed by atoms with Gasteiger partial charge in [-0.05, 0) is 97.3 Å². The predicted octanol–water partition coefficient (Wildman–Crippen LogP) is 4.98. The molecule has 5 rings (SSSR count). The zero-order valence-corrected chi connectivity index (χ0v) is 15.0. The number of fused-ring (bicyclic) bond motifs is 3. The van der Waals surface area contributed by atoms with Gasteiger partial charge in [-0.25, -0.2) is 0 Å². The molecule has 3 aliphatic carbocycles. The van der Waals surface area contributed by atoms with Gasteiger partial charge in [0.25, 0.3) is 0 Å². The van der Waals surface area contributed by atoms with Gasteiger partial charge in [0.2, 0.25) is 0 Å². The second-order valence-electron chi connectivity index (χ2n) is 7.65. The molecule has 24 heavy (non-hydrogen) atoms. The average molecular weight is 321 g/mol. The van der Waals surface area contributed by atoms with Crippen molar-refractivity contribution in [3.05, 3.63) is 47.5 Å². The molecule has 2 aromatic carbocycles. The van der Waals surface area contributed by atoms with Crippen molar-refractivity contribution in [3.63, 3.8) is 0 Å². The van der Waals surface area contributed by atoms with E-state index >= 15 is 0 Å². The van der Waals surface area contributed by atoms with Crippen molar-refractivity contribution in [1.82, 2.24) is 4.90 Å². The van der Waals surface area contributed by atoms with Gasteiger partial charge in [0.1, 0.15) is 5.75 Å². The fourth-order valence-electron chi connectivity index (χ4n) is 4.71. The first-order valence-corrected chi connectivity index (χ1v) is 9.11. The molecular weight excluding hydrogens is 294 g/mol. The van der Waals surface area contributed by atoms with E-state index in [4.69, 9.17) is 4.74 Å². The van der Waals surface area contributed by atoms with E-state index in [0.717, 1.165) is 24.1 Å². The molecule has 0 heterocycles. The maximum absolute atomic E-state index is 5.36. The SMILES string of the molecule is COc1ccc2cc(C3=C(CN(C)C)C4CCC3CC4)ccc2c1. The fraction of sp³-hybridized carbons (Fsp3) is 0.455. The van der Waals surface area contributed by atoms with Crippen molar-refractivity contribution in [3.8, 4) is 5.75 Å². The van der Waals surface area contributed by atoms with Crippen molar-refractivity contribution in [2.24, 2.45) is 11.8 Å². The predicted molar refractivity (Wildman–Crippen MR) is 101 cm³/mol. The molecule has 2 heteroatoms. The molecule has 1 fully saturated rings. The zero-order valence-electron chi connectivity index (χ0n) is 15.0. The normalized spacial score (nSPS) is 23.3. The average Bonchev–Trinajstić information content (AvgIpc) is 2.61. The number of benzene rings is 2. The Morgan fingerprint density at radius 1 is 0.917 bits per heavy atom. The third-order valence-corrected chi connectivity index (χ3v) is 5.82. The largest absolute Gasteiger partial charge is 0.497 e. The summed E-state index contributed by atoms with van der Waals surface area (Å²) in [5.74, 6) is 2.50. The van der Waals surface area contributed by atoms with E-state index in [1.807, 2.05) is 0 Å². The maximum atomic E-state index is 5.36. The van der Waals surface area contributed by atoms with Gasteiger partial charge in [-0.15, -0.1) is 0 Å². The molecule has 2 nitrogen and oxygen atoms in total. The lowest BCUT2D eigenvalue weighted by atomic mass is 9.65. The molecule has 2 aromatic rings. The van der Waals surface area contributed by atoms with Crippen molar-refractivity contribution in [2.45, 2.75) is 25.7 Å². The van der Waals surface area contributed by atoms with E-state index in [1.54, 1.807) is 18.3 Å². The first-order chi connectivity index (χ1) is 11.7. The Bertz CT molecular complexity index is 782. The van der Waals surface area contributed by atoms with E-state index in [-0.39, 0.29) is 0 Å². The Labute approximate surface area is 145 Å². The number of rotatable bonds is 4. The molecule has 0 N–H and O–H groups in total. The fourth-order valence-corrected chi connectivity index (χ4v) is 4.71. The summed E-state index contributed by atoms with van der Waals surface area (Å²) in [7, 11) is 6.12. The van der Waals surface area contributed by atoms with Crippen LogP contribution >= 0.6 is 0 Å². The molecule has 0 radical (unpaired) electrons. The number of ether oxygens (including phenoxy) is 1. The summed E-state index contributed by atoms with van der Waals surface area (Å²) in [6.07, 6.45) is 5.53. The van der Waals surface area contributed by atoms with Crippen molar-refractivity contribution in [1.29, 1.82) is 0 Å². The molecule has 0 aliphatic heterocycles. The molecule has 0 unspecified atom stereocenters. The van der Waals surface area contributed by atoms with Gasteiger partial charge >= 0.3 is 0 Å². The van der Waals surface area contributed by atoms with E-state index in [9.17, 15) is 0 Å². The number of hydrogen-bond acceptors (Lipinski definition) is 2. The minimum absolute atomic E-state index is 0.764. The highest BCUT2D eigenvalue weighted by molar-refractivity contribution is 5.88. The number of nitrogens with zero attached hydrogens (tertiary/aromatic N) is 1. The van der Waals surface area contributed by atoms with Crippen LogP contribution in [0.15, 0.2) is 42.0 Å². The quantitative estimate of drug-likeness (QED) is 0.787. The summed E-state index contributed by atoms with van der Waals surface area (Å²) in [4.78, 5) is 2.34. The van der Waals surface area contributed by atoms with Crippen LogP contribution in [0, 0.1) is 11.8 Å². The second kappa shape index (κ2) is 6.25. The molecule has 0 saturated heterocycles. The Kier molecular flexibility index (Phi) is 4.09. The summed E-state index contributed by atoms with van der Waals surface area (Å²) >= 11 is 0. The van der Waals surface area contributed by atoms with E-state index < -0.39 is 0 Å². The van der Waals surface area contributed by atoms with Gasteiger partial charge in [-0.1, -0.05) is 18.2 Å². The lowest BCUT2D eigenvalue weighted by Gasteiger charge is -2.41.